The van der Waals surface area contributed by atoms with Crippen molar-refractivity contribution < 1.29 is 8.42 Å². The number of rotatable bonds is 4. The summed E-state index contributed by atoms with van der Waals surface area (Å²) in [7, 11) is -3.49. The Morgan fingerprint density at radius 2 is 1.67 bits per heavy atom. The molecular formula is C16H17Br2N3O2S. The van der Waals surface area contributed by atoms with Crippen LogP contribution in [-0.4, -0.2) is 48.8 Å². The monoisotopic (exact) mass is 473 g/mol. The van der Waals surface area contributed by atoms with Gasteiger partial charge >= 0.3 is 0 Å². The highest BCUT2D eigenvalue weighted by Crippen LogP contribution is 2.28. The van der Waals surface area contributed by atoms with Crippen LogP contribution in [-0.2, 0) is 16.6 Å². The Kier molecular flexibility index (Phi) is 5.71. The summed E-state index contributed by atoms with van der Waals surface area (Å²) in [5.74, 6) is 0. The molecule has 0 unspecified atom stereocenters. The minimum Gasteiger partial charge on any atom is -0.296 e. The lowest BCUT2D eigenvalue weighted by Gasteiger charge is -2.34. The first-order valence-corrected chi connectivity index (χ1v) is 10.6. The second kappa shape index (κ2) is 7.61. The molecule has 0 aliphatic carbocycles. The second-order valence-corrected chi connectivity index (χ2v) is 9.29. The van der Waals surface area contributed by atoms with Crippen molar-refractivity contribution in [2.24, 2.45) is 0 Å². The molecule has 1 aromatic heterocycles. The maximum atomic E-state index is 12.9. The molecule has 1 aromatic carbocycles. The fourth-order valence-electron chi connectivity index (χ4n) is 2.69. The van der Waals surface area contributed by atoms with Crippen molar-refractivity contribution >= 4 is 41.9 Å². The standard InChI is InChI=1S/C16H17Br2N3O2S/c17-14-1-2-15(18)16(11-14)24(22,23)21-9-7-20(8-10-21)12-13-3-5-19-6-4-13/h1-6,11H,7-10,12H2. The van der Waals surface area contributed by atoms with Crippen molar-refractivity contribution in [3.63, 3.8) is 0 Å². The van der Waals surface area contributed by atoms with Crippen molar-refractivity contribution in [2.75, 3.05) is 26.2 Å². The molecule has 128 valence electrons. The Morgan fingerprint density at radius 3 is 2.33 bits per heavy atom. The molecule has 0 amide bonds. The van der Waals surface area contributed by atoms with E-state index in [1.165, 1.54) is 5.56 Å². The molecule has 1 saturated heterocycles. The summed E-state index contributed by atoms with van der Waals surface area (Å²) >= 11 is 6.69. The van der Waals surface area contributed by atoms with E-state index in [1.54, 1.807) is 28.8 Å². The van der Waals surface area contributed by atoms with Gasteiger partial charge in [0.25, 0.3) is 0 Å². The number of nitrogens with zero attached hydrogens (tertiary/aromatic N) is 3. The Morgan fingerprint density at radius 1 is 1.00 bits per heavy atom. The van der Waals surface area contributed by atoms with Gasteiger partial charge in [0, 0.05) is 54.1 Å². The zero-order valence-corrected chi connectivity index (χ0v) is 16.9. The van der Waals surface area contributed by atoms with E-state index in [0.717, 1.165) is 11.0 Å². The third-order valence-electron chi connectivity index (χ3n) is 4.00. The molecule has 3 rings (SSSR count). The predicted octanol–water partition coefficient (Wildman–Crippen LogP) is 3.11. The molecule has 0 spiro atoms. The summed E-state index contributed by atoms with van der Waals surface area (Å²) in [6.07, 6.45) is 3.56. The van der Waals surface area contributed by atoms with Crippen LogP contribution in [0, 0.1) is 0 Å². The van der Waals surface area contributed by atoms with Gasteiger partial charge in [0.2, 0.25) is 10.0 Å². The number of benzene rings is 1. The van der Waals surface area contributed by atoms with Crippen LogP contribution in [0.25, 0.3) is 0 Å². The highest BCUT2D eigenvalue weighted by Gasteiger charge is 2.30. The smallest absolute Gasteiger partial charge is 0.244 e. The van der Waals surface area contributed by atoms with Crippen LogP contribution >= 0.6 is 31.9 Å². The third kappa shape index (κ3) is 4.05. The number of halogens is 2. The van der Waals surface area contributed by atoms with E-state index in [4.69, 9.17) is 0 Å². The molecule has 0 saturated carbocycles. The van der Waals surface area contributed by atoms with E-state index in [1.807, 2.05) is 18.2 Å². The molecule has 5 nitrogen and oxygen atoms in total. The number of aromatic nitrogens is 1. The molecule has 0 radical (unpaired) electrons. The van der Waals surface area contributed by atoms with Crippen molar-refractivity contribution in [3.05, 3.63) is 57.2 Å². The lowest BCUT2D eigenvalue weighted by molar-refractivity contribution is 0.181. The SMILES string of the molecule is O=S(=O)(c1cc(Br)ccc1Br)N1CCN(Cc2ccncc2)CC1. The molecule has 0 atom stereocenters. The average Bonchev–Trinajstić information content (AvgIpc) is 2.58. The van der Waals surface area contributed by atoms with E-state index in [9.17, 15) is 8.42 Å². The average molecular weight is 475 g/mol. The van der Waals surface area contributed by atoms with Gasteiger partial charge in [-0.05, 0) is 51.8 Å². The number of sulfonamides is 1. The highest BCUT2D eigenvalue weighted by atomic mass is 79.9. The van der Waals surface area contributed by atoms with E-state index in [-0.39, 0.29) is 0 Å². The van der Waals surface area contributed by atoms with Gasteiger partial charge in [-0.15, -0.1) is 0 Å². The summed E-state index contributed by atoms with van der Waals surface area (Å²) < 4.78 is 28.6. The summed E-state index contributed by atoms with van der Waals surface area (Å²) in [5, 5.41) is 0. The Hall–Kier alpha value is -0.800. The molecule has 2 aromatic rings. The summed E-state index contributed by atoms with van der Waals surface area (Å²) in [6, 6.07) is 9.18. The van der Waals surface area contributed by atoms with Crippen LogP contribution in [0.15, 0.2) is 56.6 Å². The first kappa shape index (κ1) is 18.0. The van der Waals surface area contributed by atoms with Gasteiger partial charge in [0.15, 0.2) is 0 Å². The Balaban J connectivity index is 1.68. The normalized spacial score (nSPS) is 17.1. The molecule has 2 heterocycles. The van der Waals surface area contributed by atoms with Crippen LogP contribution in [0.3, 0.4) is 0 Å². The van der Waals surface area contributed by atoms with Crippen molar-refractivity contribution in [1.29, 1.82) is 0 Å². The first-order valence-electron chi connectivity index (χ1n) is 7.53. The van der Waals surface area contributed by atoms with E-state index in [2.05, 4.69) is 41.7 Å². The van der Waals surface area contributed by atoms with E-state index >= 15 is 0 Å². The minimum absolute atomic E-state index is 0.305. The summed E-state index contributed by atoms with van der Waals surface area (Å²) in [4.78, 5) is 6.58. The zero-order chi connectivity index (χ0) is 17.2. The maximum absolute atomic E-state index is 12.9. The molecule has 8 heteroatoms. The molecule has 1 aliphatic heterocycles. The predicted molar refractivity (Wildman–Crippen MR) is 100 cm³/mol. The number of hydrogen-bond acceptors (Lipinski definition) is 4. The third-order valence-corrected chi connectivity index (χ3v) is 7.38. The van der Waals surface area contributed by atoms with Crippen molar-refractivity contribution in [2.45, 2.75) is 11.4 Å². The van der Waals surface area contributed by atoms with Crippen LogP contribution in [0.4, 0.5) is 0 Å². The lowest BCUT2D eigenvalue weighted by atomic mass is 10.2. The van der Waals surface area contributed by atoms with Gasteiger partial charge < -0.3 is 0 Å². The van der Waals surface area contributed by atoms with E-state index in [0.29, 0.717) is 35.5 Å². The number of pyridine rings is 1. The molecule has 24 heavy (non-hydrogen) atoms. The molecule has 1 aliphatic rings. The van der Waals surface area contributed by atoms with Crippen molar-refractivity contribution in [3.8, 4) is 0 Å². The largest absolute Gasteiger partial charge is 0.296 e. The summed E-state index contributed by atoms with van der Waals surface area (Å²) in [6.45, 7) is 3.23. The molecule has 0 bridgehead atoms. The van der Waals surface area contributed by atoms with Crippen molar-refractivity contribution in [1.82, 2.24) is 14.2 Å². The number of piperazine rings is 1. The van der Waals surface area contributed by atoms with Gasteiger partial charge in [0.1, 0.15) is 0 Å². The van der Waals surface area contributed by atoms with Gasteiger partial charge in [-0.1, -0.05) is 15.9 Å². The molecular weight excluding hydrogens is 458 g/mol. The highest BCUT2D eigenvalue weighted by molar-refractivity contribution is 9.11. The van der Waals surface area contributed by atoms with E-state index < -0.39 is 10.0 Å². The van der Waals surface area contributed by atoms with Crippen LogP contribution in [0.2, 0.25) is 0 Å². The summed E-state index contributed by atoms with van der Waals surface area (Å²) in [5.41, 5.74) is 1.19. The van der Waals surface area contributed by atoms with Gasteiger partial charge in [-0.25, -0.2) is 8.42 Å². The minimum atomic E-state index is -3.49. The van der Waals surface area contributed by atoms with Gasteiger partial charge in [0.05, 0.1) is 4.90 Å². The van der Waals surface area contributed by atoms with Crippen LogP contribution < -0.4 is 0 Å². The van der Waals surface area contributed by atoms with Gasteiger partial charge in [-0.2, -0.15) is 4.31 Å². The van der Waals surface area contributed by atoms with Gasteiger partial charge in [-0.3, -0.25) is 9.88 Å². The van der Waals surface area contributed by atoms with Crippen LogP contribution in [0.1, 0.15) is 5.56 Å². The lowest BCUT2D eigenvalue weighted by Crippen LogP contribution is -2.48. The Labute approximate surface area is 159 Å². The fraction of sp³-hybridized carbons (Fsp3) is 0.312. The zero-order valence-electron chi connectivity index (χ0n) is 12.9. The molecule has 0 N–H and O–H groups in total. The molecule has 1 fully saturated rings. The van der Waals surface area contributed by atoms with Crippen LogP contribution in [0.5, 0.6) is 0 Å². The maximum Gasteiger partial charge on any atom is 0.244 e. The quantitative estimate of drug-likeness (QED) is 0.683. The Bertz CT molecular complexity index is 807. The fourth-order valence-corrected chi connectivity index (χ4v) is 5.57. The topological polar surface area (TPSA) is 53.5 Å². The first-order chi connectivity index (χ1) is 11.5. The second-order valence-electron chi connectivity index (χ2n) is 5.61. The number of hydrogen-bond donors (Lipinski definition) is 0.